The number of aryl methyl sites for hydroxylation is 1. The highest BCUT2D eigenvalue weighted by atomic mass is 14.8. The standard InChI is InChI=1S/C17H27N/c1-3-14-9-11-15(12-10-14)17-8-6-5-7-16(17)13-18-4-2/h9-12,16-18H,3-8,13H2,1-2H3. The lowest BCUT2D eigenvalue weighted by Crippen LogP contribution is -2.29. The zero-order chi connectivity index (χ0) is 12.8. The van der Waals surface area contributed by atoms with E-state index in [4.69, 9.17) is 0 Å². The molecule has 1 saturated carbocycles. The maximum absolute atomic E-state index is 3.54. The molecule has 100 valence electrons. The van der Waals surface area contributed by atoms with Crippen LogP contribution in [0.25, 0.3) is 0 Å². The summed E-state index contributed by atoms with van der Waals surface area (Å²) in [6, 6.07) is 9.37. The van der Waals surface area contributed by atoms with Gasteiger partial charge in [-0.1, -0.05) is 51.0 Å². The average Bonchev–Trinajstić information content (AvgIpc) is 2.45. The maximum atomic E-state index is 3.54. The third kappa shape index (κ3) is 3.35. The lowest BCUT2D eigenvalue weighted by molar-refractivity contribution is 0.297. The average molecular weight is 245 g/mol. The molecule has 0 amide bonds. The summed E-state index contributed by atoms with van der Waals surface area (Å²) in [5.41, 5.74) is 3.02. The molecule has 0 aliphatic heterocycles. The minimum Gasteiger partial charge on any atom is -0.317 e. The second-order valence-electron chi connectivity index (χ2n) is 5.55. The number of hydrogen-bond acceptors (Lipinski definition) is 1. The zero-order valence-electron chi connectivity index (χ0n) is 11.9. The monoisotopic (exact) mass is 245 g/mol. The van der Waals surface area contributed by atoms with Crippen molar-refractivity contribution in [2.45, 2.75) is 51.9 Å². The fourth-order valence-corrected chi connectivity index (χ4v) is 3.22. The molecule has 18 heavy (non-hydrogen) atoms. The van der Waals surface area contributed by atoms with E-state index in [0.717, 1.165) is 24.8 Å². The van der Waals surface area contributed by atoms with Gasteiger partial charge in [0, 0.05) is 0 Å². The van der Waals surface area contributed by atoms with Crippen LogP contribution in [0.2, 0.25) is 0 Å². The van der Waals surface area contributed by atoms with Crippen molar-refractivity contribution < 1.29 is 0 Å². The fraction of sp³-hybridized carbons (Fsp3) is 0.647. The molecule has 1 aromatic rings. The van der Waals surface area contributed by atoms with Crippen molar-refractivity contribution in [3.8, 4) is 0 Å². The summed E-state index contributed by atoms with van der Waals surface area (Å²) in [5, 5.41) is 3.54. The number of nitrogens with one attached hydrogen (secondary N) is 1. The lowest BCUT2D eigenvalue weighted by atomic mass is 9.75. The molecule has 0 aromatic heterocycles. The predicted octanol–water partition coefficient (Wildman–Crippen LogP) is 4.13. The van der Waals surface area contributed by atoms with Gasteiger partial charge in [0.25, 0.3) is 0 Å². The summed E-state index contributed by atoms with van der Waals surface area (Å²) in [6.07, 6.45) is 6.74. The van der Waals surface area contributed by atoms with E-state index in [1.165, 1.54) is 37.8 Å². The van der Waals surface area contributed by atoms with Gasteiger partial charge in [-0.3, -0.25) is 0 Å². The van der Waals surface area contributed by atoms with Gasteiger partial charge < -0.3 is 5.32 Å². The highest BCUT2D eigenvalue weighted by molar-refractivity contribution is 5.26. The van der Waals surface area contributed by atoms with Gasteiger partial charge in [0.2, 0.25) is 0 Å². The Kier molecular flexibility index (Phi) is 5.25. The maximum Gasteiger partial charge on any atom is -0.00148 e. The topological polar surface area (TPSA) is 12.0 Å². The van der Waals surface area contributed by atoms with Crippen molar-refractivity contribution in [2.24, 2.45) is 5.92 Å². The van der Waals surface area contributed by atoms with Crippen molar-refractivity contribution in [1.29, 1.82) is 0 Å². The Morgan fingerprint density at radius 2 is 1.78 bits per heavy atom. The SMILES string of the molecule is CCNCC1CCCCC1c1ccc(CC)cc1. The van der Waals surface area contributed by atoms with Crippen molar-refractivity contribution in [2.75, 3.05) is 13.1 Å². The summed E-state index contributed by atoms with van der Waals surface area (Å²) in [5.74, 6) is 1.62. The van der Waals surface area contributed by atoms with Gasteiger partial charge in [0.05, 0.1) is 0 Å². The third-order valence-corrected chi connectivity index (χ3v) is 4.38. The van der Waals surface area contributed by atoms with Crippen molar-refractivity contribution in [3.63, 3.8) is 0 Å². The molecular weight excluding hydrogens is 218 g/mol. The first kappa shape index (κ1) is 13.6. The number of rotatable bonds is 5. The zero-order valence-corrected chi connectivity index (χ0v) is 11.9. The van der Waals surface area contributed by atoms with Crippen LogP contribution < -0.4 is 5.32 Å². The van der Waals surface area contributed by atoms with Gasteiger partial charge in [-0.15, -0.1) is 0 Å². The van der Waals surface area contributed by atoms with Crippen molar-refractivity contribution in [1.82, 2.24) is 5.32 Å². The van der Waals surface area contributed by atoms with E-state index in [1.807, 2.05) is 0 Å². The van der Waals surface area contributed by atoms with E-state index in [9.17, 15) is 0 Å². The van der Waals surface area contributed by atoms with E-state index in [1.54, 1.807) is 5.56 Å². The first-order valence-electron chi connectivity index (χ1n) is 7.64. The van der Waals surface area contributed by atoms with E-state index in [0.29, 0.717) is 0 Å². The van der Waals surface area contributed by atoms with E-state index in [-0.39, 0.29) is 0 Å². The van der Waals surface area contributed by atoms with Crippen LogP contribution in [0.5, 0.6) is 0 Å². The predicted molar refractivity (Wildman–Crippen MR) is 79.1 cm³/mol. The molecular formula is C17H27N. The summed E-state index contributed by atoms with van der Waals surface area (Å²) >= 11 is 0. The number of benzene rings is 1. The Bertz CT molecular complexity index is 341. The minimum atomic E-state index is 0.781. The molecule has 1 heteroatoms. The molecule has 0 bridgehead atoms. The van der Waals surface area contributed by atoms with Gasteiger partial charge in [0.15, 0.2) is 0 Å². The molecule has 0 spiro atoms. The first-order valence-corrected chi connectivity index (χ1v) is 7.64. The smallest absolute Gasteiger partial charge is 0.00148 e. The Labute approximate surface area is 112 Å². The first-order chi connectivity index (χ1) is 8.85. The summed E-state index contributed by atoms with van der Waals surface area (Å²) in [4.78, 5) is 0. The normalized spacial score (nSPS) is 24.1. The molecule has 1 aliphatic carbocycles. The van der Waals surface area contributed by atoms with E-state index >= 15 is 0 Å². The number of hydrogen-bond donors (Lipinski definition) is 1. The van der Waals surface area contributed by atoms with Crippen LogP contribution in [-0.2, 0) is 6.42 Å². The van der Waals surface area contributed by atoms with Crippen LogP contribution >= 0.6 is 0 Å². The molecule has 1 aliphatic rings. The highest BCUT2D eigenvalue weighted by Gasteiger charge is 2.25. The molecule has 1 aromatic carbocycles. The fourth-order valence-electron chi connectivity index (χ4n) is 3.22. The van der Waals surface area contributed by atoms with Gasteiger partial charge in [-0.05, 0) is 55.3 Å². The lowest BCUT2D eigenvalue weighted by Gasteiger charge is -2.32. The van der Waals surface area contributed by atoms with E-state index < -0.39 is 0 Å². The quantitative estimate of drug-likeness (QED) is 0.822. The van der Waals surface area contributed by atoms with Crippen LogP contribution in [0.3, 0.4) is 0 Å². The summed E-state index contributed by atoms with van der Waals surface area (Å²) in [7, 11) is 0. The molecule has 1 fully saturated rings. The molecule has 1 N–H and O–H groups in total. The summed E-state index contributed by atoms with van der Waals surface area (Å²) in [6.45, 7) is 6.71. The Hall–Kier alpha value is -0.820. The summed E-state index contributed by atoms with van der Waals surface area (Å²) < 4.78 is 0. The molecule has 0 saturated heterocycles. The second-order valence-corrected chi connectivity index (χ2v) is 5.55. The molecule has 2 unspecified atom stereocenters. The highest BCUT2D eigenvalue weighted by Crippen LogP contribution is 2.37. The van der Waals surface area contributed by atoms with Gasteiger partial charge in [-0.25, -0.2) is 0 Å². The van der Waals surface area contributed by atoms with Crippen LogP contribution in [0.4, 0.5) is 0 Å². The Morgan fingerprint density at radius 3 is 2.44 bits per heavy atom. The minimum absolute atomic E-state index is 0.781. The largest absolute Gasteiger partial charge is 0.317 e. The van der Waals surface area contributed by atoms with Gasteiger partial charge >= 0.3 is 0 Å². The molecule has 0 radical (unpaired) electrons. The van der Waals surface area contributed by atoms with Crippen molar-refractivity contribution in [3.05, 3.63) is 35.4 Å². The van der Waals surface area contributed by atoms with Gasteiger partial charge in [-0.2, -0.15) is 0 Å². The van der Waals surface area contributed by atoms with E-state index in [2.05, 4.69) is 43.4 Å². The Balaban J connectivity index is 2.06. The Morgan fingerprint density at radius 1 is 1.06 bits per heavy atom. The molecule has 2 rings (SSSR count). The van der Waals surface area contributed by atoms with Gasteiger partial charge in [0.1, 0.15) is 0 Å². The molecule has 0 heterocycles. The van der Waals surface area contributed by atoms with Crippen LogP contribution in [0.1, 0.15) is 56.6 Å². The third-order valence-electron chi connectivity index (χ3n) is 4.38. The molecule has 2 atom stereocenters. The molecule has 1 nitrogen and oxygen atoms in total. The van der Waals surface area contributed by atoms with Crippen LogP contribution in [-0.4, -0.2) is 13.1 Å². The van der Waals surface area contributed by atoms with Crippen molar-refractivity contribution >= 4 is 0 Å². The second kappa shape index (κ2) is 6.94. The van der Waals surface area contributed by atoms with Crippen LogP contribution in [0, 0.1) is 5.92 Å². The van der Waals surface area contributed by atoms with Crippen LogP contribution in [0.15, 0.2) is 24.3 Å².